The van der Waals surface area contributed by atoms with Gasteiger partial charge in [-0.25, -0.2) is 9.78 Å². The average Bonchev–Trinajstić information content (AvgIpc) is 3.34. The van der Waals surface area contributed by atoms with Crippen LogP contribution in [0.1, 0.15) is 38.4 Å². The van der Waals surface area contributed by atoms with E-state index in [-0.39, 0.29) is 25.2 Å². The lowest BCUT2D eigenvalue weighted by atomic mass is 10.00. The quantitative estimate of drug-likeness (QED) is 0.174. The molecular formula is C25H36N6O6. The first-order valence-corrected chi connectivity index (χ1v) is 12.1. The molecule has 5 atom stereocenters. The molecule has 0 bridgehead atoms. The van der Waals surface area contributed by atoms with E-state index in [0.717, 1.165) is 5.56 Å². The van der Waals surface area contributed by atoms with Crippen molar-refractivity contribution in [3.05, 3.63) is 54.1 Å². The molecule has 8 N–H and O–H groups in total. The van der Waals surface area contributed by atoms with E-state index < -0.39 is 54.0 Å². The number of carbonyl (C=O) groups excluding carboxylic acids is 3. The summed E-state index contributed by atoms with van der Waals surface area (Å²) in [6, 6.07) is 4.37. The Bertz CT molecular complexity index is 1030. The van der Waals surface area contributed by atoms with E-state index in [1.54, 1.807) is 30.5 Å². The average molecular weight is 517 g/mol. The van der Waals surface area contributed by atoms with Crippen molar-refractivity contribution in [2.45, 2.75) is 70.3 Å². The molecule has 0 fully saturated rings. The van der Waals surface area contributed by atoms with Gasteiger partial charge in [-0.2, -0.15) is 0 Å². The standard InChI is InChI=1S/C25H36N6O6/c1-14(2)9-19(24(35)31-21(15(3)32)25(36)37)30-23(34)20(10-16-7-5-4-6-8-16)29-22(33)18(26)11-17-12-27-13-28-17/h4-8,12-15,18-21,32H,9-11,26H2,1-3H3,(H,27,28)(H,29,33)(H,30,34)(H,31,35)(H,36,37). The summed E-state index contributed by atoms with van der Waals surface area (Å²) in [5.74, 6) is -3.38. The number of aliphatic hydroxyl groups is 1. The van der Waals surface area contributed by atoms with Crippen molar-refractivity contribution in [3.8, 4) is 0 Å². The lowest BCUT2D eigenvalue weighted by Crippen LogP contribution is -2.59. The molecule has 3 amide bonds. The summed E-state index contributed by atoms with van der Waals surface area (Å²) in [5.41, 5.74) is 7.47. The molecule has 1 aromatic heterocycles. The van der Waals surface area contributed by atoms with Crippen LogP contribution >= 0.6 is 0 Å². The minimum Gasteiger partial charge on any atom is -0.480 e. The molecule has 0 saturated heterocycles. The maximum absolute atomic E-state index is 13.3. The van der Waals surface area contributed by atoms with Gasteiger partial charge in [-0.05, 0) is 24.8 Å². The fourth-order valence-electron chi connectivity index (χ4n) is 3.68. The normalized spacial score (nSPS) is 15.2. The zero-order chi connectivity index (χ0) is 27.5. The number of hydrogen-bond donors (Lipinski definition) is 7. The summed E-state index contributed by atoms with van der Waals surface area (Å²) in [6.45, 7) is 4.92. The number of aliphatic carboxylic acids is 1. The summed E-state index contributed by atoms with van der Waals surface area (Å²) in [4.78, 5) is 57.3. The predicted molar refractivity (Wildman–Crippen MR) is 135 cm³/mol. The number of aromatic nitrogens is 2. The molecule has 202 valence electrons. The number of amides is 3. The lowest BCUT2D eigenvalue weighted by Gasteiger charge is -2.26. The highest BCUT2D eigenvalue weighted by Crippen LogP contribution is 2.09. The molecule has 12 nitrogen and oxygen atoms in total. The number of rotatable bonds is 14. The number of carbonyl (C=O) groups is 4. The van der Waals surface area contributed by atoms with Crippen LogP contribution < -0.4 is 21.7 Å². The van der Waals surface area contributed by atoms with Crippen LogP contribution in [0.4, 0.5) is 0 Å². The van der Waals surface area contributed by atoms with Crippen LogP contribution in [0.15, 0.2) is 42.9 Å². The number of nitrogens with zero attached hydrogens (tertiary/aromatic N) is 1. The third-order valence-electron chi connectivity index (χ3n) is 5.63. The molecule has 37 heavy (non-hydrogen) atoms. The number of nitrogens with one attached hydrogen (secondary N) is 4. The van der Waals surface area contributed by atoms with Gasteiger partial charge in [0.1, 0.15) is 12.1 Å². The smallest absolute Gasteiger partial charge is 0.328 e. The van der Waals surface area contributed by atoms with Gasteiger partial charge in [0.2, 0.25) is 17.7 Å². The molecule has 12 heteroatoms. The van der Waals surface area contributed by atoms with Gasteiger partial charge in [-0.1, -0.05) is 44.2 Å². The molecule has 0 radical (unpaired) electrons. The summed E-state index contributed by atoms with van der Waals surface area (Å²) in [7, 11) is 0. The van der Waals surface area contributed by atoms with E-state index in [0.29, 0.717) is 5.69 Å². The molecule has 1 heterocycles. The lowest BCUT2D eigenvalue weighted by molar-refractivity contribution is -0.145. The highest BCUT2D eigenvalue weighted by atomic mass is 16.4. The Morgan fingerprint density at radius 2 is 1.57 bits per heavy atom. The van der Waals surface area contributed by atoms with E-state index in [1.165, 1.54) is 13.3 Å². The van der Waals surface area contributed by atoms with E-state index in [2.05, 4.69) is 25.9 Å². The number of aromatic amines is 1. The second kappa shape index (κ2) is 14.1. The third kappa shape index (κ3) is 9.66. The largest absolute Gasteiger partial charge is 0.480 e. The van der Waals surface area contributed by atoms with Gasteiger partial charge < -0.3 is 36.9 Å². The maximum Gasteiger partial charge on any atom is 0.328 e. The minimum atomic E-state index is -1.54. The fourth-order valence-corrected chi connectivity index (χ4v) is 3.68. The molecule has 0 spiro atoms. The van der Waals surface area contributed by atoms with E-state index in [4.69, 9.17) is 5.73 Å². The van der Waals surface area contributed by atoms with Gasteiger partial charge in [0.05, 0.1) is 18.5 Å². The molecule has 0 aliphatic carbocycles. The van der Waals surface area contributed by atoms with Crippen LogP contribution in [0, 0.1) is 5.92 Å². The number of imidazole rings is 1. The van der Waals surface area contributed by atoms with Crippen molar-refractivity contribution in [1.82, 2.24) is 25.9 Å². The maximum atomic E-state index is 13.3. The Labute approximate surface area is 215 Å². The first kappa shape index (κ1) is 29.5. The number of aliphatic hydroxyl groups excluding tert-OH is 1. The fraction of sp³-hybridized carbons (Fsp3) is 0.480. The van der Waals surface area contributed by atoms with Gasteiger partial charge in [-0.3, -0.25) is 14.4 Å². The molecular weight excluding hydrogens is 480 g/mol. The van der Waals surface area contributed by atoms with Gasteiger partial charge >= 0.3 is 5.97 Å². The zero-order valence-corrected chi connectivity index (χ0v) is 21.2. The van der Waals surface area contributed by atoms with Crippen LogP contribution in [0.25, 0.3) is 0 Å². The van der Waals surface area contributed by atoms with Crippen molar-refractivity contribution in [2.75, 3.05) is 0 Å². The Morgan fingerprint density at radius 3 is 2.11 bits per heavy atom. The minimum absolute atomic E-state index is 0.0316. The molecule has 1 aromatic carbocycles. The Hall–Kier alpha value is -3.77. The summed E-state index contributed by atoms with van der Waals surface area (Å²) < 4.78 is 0. The van der Waals surface area contributed by atoms with Crippen LogP contribution in [0.5, 0.6) is 0 Å². The van der Waals surface area contributed by atoms with Crippen molar-refractivity contribution >= 4 is 23.7 Å². The number of nitrogens with two attached hydrogens (primary N) is 1. The SMILES string of the molecule is CC(C)CC(NC(=O)C(Cc1ccccc1)NC(=O)C(N)Cc1cnc[nH]1)C(=O)NC(C(=O)O)C(C)O. The third-order valence-corrected chi connectivity index (χ3v) is 5.63. The van der Waals surface area contributed by atoms with Crippen molar-refractivity contribution in [1.29, 1.82) is 0 Å². The van der Waals surface area contributed by atoms with Crippen LogP contribution in [0.3, 0.4) is 0 Å². The van der Waals surface area contributed by atoms with Crippen molar-refractivity contribution in [3.63, 3.8) is 0 Å². The highest BCUT2D eigenvalue weighted by molar-refractivity contribution is 5.94. The van der Waals surface area contributed by atoms with E-state index >= 15 is 0 Å². The summed E-state index contributed by atoms with van der Waals surface area (Å²) in [5, 5.41) is 26.6. The van der Waals surface area contributed by atoms with E-state index in [9.17, 15) is 29.4 Å². The number of H-pyrrole nitrogens is 1. The van der Waals surface area contributed by atoms with Gasteiger partial charge in [0.15, 0.2) is 6.04 Å². The molecule has 2 rings (SSSR count). The number of hydrogen-bond acceptors (Lipinski definition) is 7. The molecule has 5 unspecified atom stereocenters. The topological polar surface area (TPSA) is 200 Å². The Balaban J connectivity index is 2.20. The second-order valence-corrected chi connectivity index (χ2v) is 9.39. The van der Waals surface area contributed by atoms with Crippen LogP contribution in [-0.4, -0.2) is 74.1 Å². The van der Waals surface area contributed by atoms with Gasteiger partial charge in [0, 0.05) is 24.7 Å². The predicted octanol–water partition coefficient (Wildman–Crippen LogP) is -0.512. The van der Waals surface area contributed by atoms with Crippen molar-refractivity contribution < 1.29 is 29.4 Å². The molecule has 0 aliphatic heterocycles. The number of carboxylic acids is 1. The summed E-state index contributed by atoms with van der Waals surface area (Å²) >= 11 is 0. The van der Waals surface area contributed by atoms with Gasteiger partial charge in [-0.15, -0.1) is 0 Å². The van der Waals surface area contributed by atoms with E-state index in [1.807, 2.05) is 19.9 Å². The highest BCUT2D eigenvalue weighted by Gasteiger charge is 2.32. The van der Waals surface area contributed by atoms with Crippen LogP contribution in [0.2, 0.25) is 0 Å². The molecule has 2 aromatic rings. The molecule has 0 aliphatic rings. The Kier molecular flexibility index (Phi) is 11.2. The Morgan fingerprint density at radius 1 is 0.946 bits per heavy atom. The first-order valence-electron chi connectivity index (χ1n) is 12.1. The zero-order valence-electron chi connectivity index (χ0n) is 21.2. The second-order valence-electron chi connectivity index (χ2n) is 9.39. The molecule has 0 saturated carbocycles. The van der Waals surface area contributed by atoms with Crippen molar-refractivity contribution in [2.24, 2.45) is 11.7 Å². The monoisotopic (exact) mass is 516 g/mol. The van der Waals surface area contributed by atoms with Crippen LogP contribution in [-0.2, 0) is 32.0 Å². The first-order chi connectivity index (χ1) is 17.5. The number of benzene rings is 1. The number of carboxylic acid groups (broad SMARTS) is 1. The van der Waals surface area contributed by atoms with Gasteiger partial charge in [0.25, 0.3) is 0 Å². The summed E-state index contributed by atoms with van der Waals surface area (Å²) in [6.07, 6.45) is 2.19.